The number of carbonyl (C=O) groups is 1. The Labute approximate surface area is 161 Å². The van der Waals surface area contributed by atoms with Crippen molar-refractivity contribution in [3.05, 3.63) is 72.2 Å². The number of amidine groups is 1. The van der Waals surface area contributed by atoms with E-state index >= 15 is 0 Å². The minimum absolute atomic E-state index is 0.0855. The molecular weight excluding hydrogens is 358 g/mol. The van der Waals surface area contributed by atoms with Gasteiger partial charge in [-0.3, -0.25) is 9.69 Å². The van der Waals surface area contributed by atoms with E-state index in [2.05, 4.69) is 34.5 Å². The highest BCUT2D eigenvalue weighted by molar-refractivity contribution is 8.15. The average molecular weight is 377 g/mol. The summed E-state index contributed by atoms with van der Waals surface area (Å²) in [5.74, 6) is 0.712. The van der Waals surface area contributed by atoms with Crippen LogP contribution in [-0.2, 0) is 11.3 Å². The Morgan fingerprint density at radius 1 is 1.15 bits per heavy atom. The Bertz CT molecular complexity index is 1010. The summed E-state index contributed by atoms with van der Waals surface area (Å²) in [6.45, 7) is 2.50. The molecule has 2 heterocycles. The van der Waals surface area contributed by atoms with E-state index in [0.29, 0.717) is 17.5 Å². The van der Waals surface area contributed by atoms with E-state index in [0.717, 1.165) is 22.8 Å². The van der Waals surface area contributed by atoms with Crippen molar-refractivity contribution in [1.29, 1.82) is 0 Å². The topological polar surface area (TPSA) is 58.2 Å². The second-order valence-electron chi connectivity index (χ2n) is 6.22. The summed E-state index contributed by atoms with van der Waals surface area (Å²) in [4.78, 5) is 14.6. The number of nitrogens with zero attached hydrogens (tertiary/aromatic N) is 3. The molecule has 1 aliphatic rings. The molecule has 3 aromatic rings. The van der Waals surface area contributed by atoms with Gasteiger partial charge in [-0.05, 0) is 34.9 Å². The van der Waals surface area contributed by atoms with Gasteiger partial charge >= 0.3 is 0 Å². The number of hydrogen-bond acceptors (Lipinski definition) is 5. The van der Waals surface area contributed by atoms with Crippen LogP contribution in [0.4, 0.5) is 0 Å². The fraction of sp³-hybridized carbons (Fsp3) is 0.190. The van der Waals surface area contributed by atoms with Gasteiger partial charge in [0.1, 0.15) is 5.76 Å². The summed E-state index contributed by atoms with van der Waals surface area (Å²) in [5.41, 5.74) is 1.10. The molecule has 1 aliphatic heterocycles. The maximum atomic E-state index is 12.8. The van der Waals surface area contributed by atoms with E-state index < -0.39 is 0 Å². The van der Waals surface area contributed by atoms with Gasteiger partial charge in [-0.25, -0.2) is 0 Å². The van der Waals surface area contributed by atoms with Gasteiger partial charge in [-0.2, -0.15) is 5.10 Å². The Balaban J connectivity index is 1.64. The number of amides is 1. The van der Waals surface area contributed by atoms with Crippen LogP contribution in [0.3, 0.4) is 0 Å². The number of rotatable bonds is 5. The number of furan rings is 1. The molecule has 27 heavy (non-hydrogen) atoms. The smallest absolute Gasteiger partial charge is 0.242 e. The first-order chi connectivity index (χ1) is 13.3. The highest BCUT2D eigenvalue weighted by Crippen LogP contribution is 2.32. The van der Waals surface area contributed by atoms with Crippen LogP contribution in [0.2, 0.25) is 0 Å². The van der Waals surface area contributed by atoms with Crippen LogP contribution in [0.25, 0.3) is 10.8 Å². The molecule has 136 valence electrons. The number of fused-ring (bicyclic) bond motifs is 1. The molecule has 1 fully saturated rings. The van der Waals surface area contributed by atoms with Gasteiger partial charge in [0.2, 0.25) is 5.91 Å². The molecule has 5 nitrogen and oxygen atoms in total. The zero-order chi connectivity index (χ0) is 18.6. The molecule has 1 saturated heterocycles. The van der Waals surface area contributed by atoms with Crippen molar-refractivity contribution < 1.29 is 9.21 Å². The predicted octanol–water partition coefficient (Wildman–Crippen LogP) is 4.68. The second-order valence-corrected chi connectivity index (χ2v) is 7.39. The Morgan fingerprint density at radius 3 is 2.81 bits per heavy atom. The molecule has 0 bridgehead atoms. The minimum Gasteiger partial charge on any atom is -0.463 e. The zero-order valence-electron chi connectivity index (χ0n) is 14.9. The monoisotopic (exact) mass is 377 g/mol. The molecule has 6 heteroatoms. The van der Waals surface area contributed by atoms with Crippen molar-refractivity contribution in [3.8, 4) is 0 Å². The maximum absolute atomic E-state index is 12.8. The van der Waals surface area contributed by atoms with Gasteiger partial charge in [0, 0.05) is 0 Å². The van der Waals surface area contributed by atoms with Crippen LogP contribution in [0.15, 0.2) is 75.5 Å². The second kappa shape index (κ2) is 7.80. The van der Waals surface area contributed by atoms with Crippen molar-refractivity contribution in [2.45, 2.75) is 25.1 Å². The lowest BCUT2D eigenvalue weighted by molar-refractivity contribution is -0.126. The first kappa shape index (κ1) is 17.5. The lowest BCUT2D eigenvalue weighted by Crippen LogP contribution is -2.31. The van der Waals surface area contributed by atoms with Crippen LogP contribution in [0, 0.1) is 0 Å². The van der Waals surface area contributed by atoms with Gasteiger partial charge in [0.05, 0.1) is 24.3 Å². The molecule has 4 rings (SSSR count). The molecule has 2 aromatic carbocycles. The SMILES string of the molecule is CC[C@H]1S/C(=N\N=C/c2ccco2)N(Cc2cccc3ccccc23)C1=O. The van der Waals surface area contributed by atoms with Gasteiger partial charge in [-0.15, -0.1) is 5.10 Å². The molecular formula is C21H19N3O2S. The molecule has 0 unspecified atom stereocenters. The van der Waals surface area contributed by atoms with Crippen molar-refractivity contribution in [2.24, 2.45) is 10.2 Å². The van der Waals surface area contributed by atoms with E-state index in [1.807, 2.05) is 25.1 Å². The van der Waals surface area contributed by atoms with Gasteiger partial charge in [-0.1, -0.05) is 61.2 Å². The van der Waals surface area contributed by atoms with E-state index in [1.165, 1.54) is 11.8 Å². The molecule has 0 spiro atoms. The summed E-state index contributed by atoms with van der Waals surface area (Å²) < 4.78 is 5.23. The van der Waals surface area contributed by atoms with E-state index in [1.54, 1.807) is 29.5 Å². The Morgan fingerprint density at radius 2 is 2.00 bits per heavy atom. The Kier molecular flexibility index (Phi) is 5.07. The summed E-state index contributed by atoms with van der Waals surface area (Å²) >= 11 is 1.47. The van der Waals surface area contributed by atoms with Gasteiger partial charge in [0.15, 0.2) is 5.17 Å². The van der Waals surface area contributed by atoms with Crippen LogP contribution >= 0.6 is 11.8 Å². The fourth-order valence-corrected chi connectivity index (χ4v) is 4.12. The third-order valence-electron chi connectivity index (χ3n) is 4.47. The first-order valence-corrected chi connectivity index (χ1v) is 9.73. The lowest BCUT2D eigenvalue weighted by atomic mass is 10.0. The first-order valence-electron chi connectivity index (χ1n) is 8.85. The zero-order valence-corrected chi connectivity index (χ0v) is 15.7. The molecule has 1 amide bonds. The third kappa shape index (κ3) is 3.66. The molecule has 1 atom stereocenters. The third-order valence-corrected chi connectivity index (χ3v) is 5.80. The van der Waals surface area contributed by atoms with E-state index in [4.69, 9.17) is 4.42 Å². The van der Waals surface area contributed by atoms with Crippen LogP contribution in [0.1, 0.15) is 24.7 Å². The number of hydrogen-bond donors (Lipinski definition) is 0. The summed E-state index contributed by atoms with van der Waals surface area (Å²) in [5, 5.41) is 11.2. The lowest BCUT2D eigenvalue weighted by Gasteiger charge is -2.17. The molecule has 0 radical (unpaired) electrons. The number of benzene rings is 2. The molecule has 1 aromatic heterocycles. The average Bonchev–Trinajstić information content (AvgIpc) is 3.31. The van der Waals surface area contributed by atoms with Crippen molar-refractivity contribution in [1.82, 2.24) is 4.90 Å². The van der Waals surface area contributed by atoms with Crippen molar-refractivity contribution in [3.63, 3.8) is 0 Å². The van der Waals surface area contributed by atoms with Crippen LogP contribution < -0.4 is 0 Å². The van der Waals surface area contributed by atoms with Gasteiger partial charge in [0.25, 0.3) is 0 Å². The summed E-state index contributed by atoms with van der Waals surface area (Å²) in [6, 6.07) is 18.0. The van der Waals surface area contributed by atoms with Gasteiger partial charge < -0.3 is 4.42 Å². The summed E-state index contributed by atoms with van der Waals surface area (Å²) in [6.07, 6.45) is 3.89. The highest BCUT2D eigenvalue weighted by atomic mass is 32.2. The molecule has 0 aliphatic carbocycles. The minimum atomic E-state index is -0.113. The quantitative estimate of drug-likeness (QED) is 0.479. The normalized spacial score (nSPS) is 19.0. The number of carbonyl (C=O) groups excluding carboxylic acids is 1. The summed E-state index contributed by atoms with van der Waals surface area (Å²) in [7, 11) is 0. The van der Waals surface area contributed by atoms with Crippen molar-refractivity contribution >= 4 is 39.8 Å². The largest absolute Gasteiger partial charge is 0.463 e. The van der Waals surface area contributed by atoms with Crippen LogP contribution in [-0.4, -0.2) is 27.4 Å². The fourth-order valence-electron chi connectivity index (χ4n) is 3.09. The molecule has 0 saturated carbocycles. The van der Waals surface area contributed by atoms with E-state index in [9.17, 15) is 4.79 Å². The maximum Gasteiger partial charge on any atom is 0.242 e. The van der Waals surface area contributed by atoms with E-state index in [-0.39, 0.29) is 11.2 Å². The van der Waals surface area contributed by atoms with Crippen LogP contribution in [0.5, 0.6) is 0 Å². The standard InChI is InChI=1S/C21H19N3O2S/c1-2-19-20(25)24(21(27-19)23-22-13-17-10-6-12-26-17)14-16-9-5-8-15-7-3-4-11-18(15)16/h3-13,19H,2,14H2,1H3/b22-13-,23-21-/t19-/m1/s1. The molecule has 0 N–H and O–H groups in total. The van der Waals surface area contributed by atoms with Crippen molar-refractivity contribution in [2.75, 3.05) is 0 Å². The number of thioether (sulfide) groups is 1. The predicted molar refractivity (Wildman–Crippen MR) is 110 cm³/mol. The Hall–Kier alpha value is -2.86. The highest BCUT2D eigenvalue weighted by Gasteiger charge is 2.37.